The van der Waals surface area contributed by atoms with Crippen LogP contribution in [0.5, 0.6) is 0 Å². The molecule has 0 heterocycles. The molecule has 2 aliphatic rings. The lowest BCUT2D eigenvalue weighted by Crippen LogP contribution is -2.16. The number of nitrogens with two attached hydrogens (primary N) is 1. The number of hydrogen-bond acceptors (Lipinski definition) is 1. The van der Waals surface area contributed by atoms with Crippen LogP contribution in [-0.4, -0.2) is 0 Å². The van der Waals surface area contributed by atoms with Crippen LogP contribution < -0.4 is 5.73 Å². The minimum Gasteiger partial charge on any atom is -0.399 e. The minimum atomic E-state index is 0.617. The Balaban J connectivity index is 2.29. The molecule has 64 valence electrons. The van der Waals surface area contributed by atoms with E-state index >= 15 is 0 Å². The van der Waals surface area contributed by atoms with Gasteiger partial charge in [-0.1, -0.05) is 18.6 Å². The first-order valence-corrected chi connectivity index (χ1v) is 4.64. The highest BCUT2D eigenvalue weighted by atomic mass is 14.6. The summed E-state index contributed by atoms with van der Waals surface area (Å²) in [6.45, 7) is 4.05. The Hall–Kier alpha value is -0.980. The van der Waals surface area contributed by atoms with Gasteiger partial charge in [-0.05, 0) is 37.0 Å². The molecule has 2 N–H and O–H groups in total. The standard InChI is InChI=1S/C11H15N/c1-8-6-10(12)7-9-4-2-3-5-11(8)9/h6-7,11H,1-5,12H2. The summed E-state index contributed by atoms with van der Waals surface area (Å²) < 4.78 is 0. The van der Waals surface area contributed by atoms with E-state index in [1.807, 2.05) is 6.08 Å². The van der Waals surface area contributed by atoms with E-state index in [1.165, 1.54) is 36.8 Å². The van der Waals surface area contributed by atoms with Gasteiger partial charge in [-0.2, -0.15) is 0 Å². The number of fused-ring (bicyclic) bond motifs is 1. The first kappa shape index (κ1) is 7.66. The number of hydrogen-bond donors (Lipinski definition) is 1. The largest absolute Gasteiger partial charge is 0.399 e. The molecule has 1 nitrogen and oxygen atoms in total. The third kappa shape index (κ3) is 1.20. The van der Waals surface area contributed by atoms with E-state index in [1.54, 1.807) is 0 Å². The Labute approximate surface area is 73.6 Å². The van der Waals surface area contributed by atoms with Gasteiger partial charge in [0.1, 0.15) is 0 Å². The smallest absolute Gasteiger partial charge is 0.0316 e. The van der Waals surface area contributed by atoms with Crippen LogP contribution >= 0.6 is 0 Å². The summed E-state index contributed by atoms with van der Waals surface area (Å²) in [4.78, 5) is 0. The van der Waals surface area contributed by atoms with Gasteiger partial charge < -0.3 is 5.73 Å². The van der Waals surface area contributed by atoms with Gasteiger partial charge in [0.25, 0.3) is 0 Å². The molecule has 0 aromatic rings. The van der Waals surface area contributed by atoms with Crippen molar-refractivity contribution in [1.82, 2.24) is 0 Å². The van der Waals surface area contributed by atoms with Crippen molar-refractivity contribution in [2.24, 2.45) is 11.7 Å². The molecule has 1 atom stereocenters. The molecule has 12 heavy (non-hydrogen) atoms. The Kier molecular flexibility index (Phi) is 1.80. The van der Waals surface area contributed by atoms with Crippen LogP contribution in [0.4, 0.5) is 0 Å². The summed E-state index contributed by atoms with van der Waals surface area (Å²) in [7, 11) is 0. The normalized spacial score (nSPS) is 29.0. The Bertz CT molecular complexity index is 271. The van der Waals surface area contributed by atoms with E-state index in [2.05, 4.69) is 12.7 Å². The van der Waals surface area contributed by atoms with Gasteiger partial charge in [0, 0.05) is 11.6 Å². The van der Waals surface area contributed by atoms with Gasteiger partial charge in [0.15, 0.2) is 0 Å². The lowest BCUT2D eigenvalue weighted by atomic mass is 9.77. The Morgan fingerprint density at radius 3 is 3.00 bits per heavy atom. The molecule has 1 unspecified atom stereocenters. The first-order chi connectivity index (χ1) is 5.77. The second-order valence-electron chi connectivity index (χ2n) is 3.74. The molecule has 0 spiro atoms. The molecular weight excluding hydrogens is 146 g/mol. The highest BCUT2D eigenvalue weighted by Crippen LogP contribution is 2.37. The zero-order valence-electron chi connectivity index (χ0n) is 7.34. The van der Waals surface area contributed by atoms with Crippen molar-refractivity contribution in [3.63, 3.8) is 0 Å². The maximum absolute atomic E-state index is 5.76. The average Bonchev–Trinajstić information content (AvgIpc) is 2.04. The van der Waals surface area contributed by atoms with Crippen molar-refractivity contribution in [2.45, 2.75) is 25.7 Å². The zero-order chi connectivity index (χ0) is 8.55. The lowest BCUT2D eigenvalue weighted by Gasteiger charge is -2.29. The van der Waals surface area contributed by atoms with Crippen LogP contribution in [0.1, 0.15) is 25.7 Å². The zero-order valence-corrected chi connectivity index (χ0v) is 7.34. The maximum Gasteiger partial charge on any atom is 0.0316 e. The van der Waals surface area contributed by atoms with Gasteiger partial charge in [-0.3, -0.25) is 0 Å². The van der Waals surface area contributed by atoms with Crippen molar-refractivity contribution in [1.29, 1.82) is 0 Å². The first-order valence-electron chi connectivity index (χ1n) is 4.64. The highest BCUT2D eigenvalue weighted by molar-refractivity contribution is 5.41. The SMILES string of the molecule is C=C1C=C(N)C=C2CCCCC12. The fourth-order valence-corrected chi connectivity index (χ4v) is 2.20. The molecular formula is C11H15N. The van der Waals surface area contributed by atoms with Crippen molar-refractivity contribution in [2.75, 3.05) is 0 Å². The molecule has 0 aromatic heterocycles. The molecule has 1 fully saturated rings. The summed E-state index contributed by atoms with van der Waals surface area (Å²) >= 11 is 0. The monoisotopic (exact) mass is 161 g/mol. The van der Waals surface area contributed by atoms with Crippen LogP contribution in [0.25, 0.3) is 0 Å². The number of allylic oxidation sites excluding steroid dienone is 4. The predicted molar refractivity (Wildman–Crippen MR) is 51.5 cm³/mol. The summed E-state index contributed by atoms with van der Waals surface area (Å²) in [5.74, 6) is 0.617. The second kappa shape index (κ2) is 2.81. The molecule has 2 rings (SSSR count). The predicted octanol–water partition coefficient (Wildman–Crippen LogP) is 2.52. The Morgan fingerprint density at radius 2 is 2.17 bits per heavy atom. The van der Waals surface area contributed by atoms with Gasteiger partial charge in [0.2, 0.25) is 0 Å². The van der Waals surface area contributed by atoms with Crippen molar-refractivity contribution in [3.05, 3.63) is 35.6 Å². The van der Waals surface area contributed by atoms with E-state index in [9.17, 15) is 0 Å². The fraction of sp³-hybridized carbons (Fsp3) is 0.455. The van der Waals surface area contributed by atoms with Gasteiger partial charge in [-0.15, -0.1) is 0 Å². The Morgan fingerprint density at radius 1 is 1.33 bits per heavy atom. The van der Waals surface area contributed by atoms with Gasteiger partial charge >= 0.3 is 0 Å². The summed E-state index contributed by atoms with van der Waals surface area (Å²) in [5, 5.41) is 0. The van der Waals surface area contributed by atoms with Crippen molar-refractivity contribution >= 4 is 0 Å². The van der Waals surface area contributed by atoms with E-state index in [0.717, 1.165) is 5.70 Å². The fourth-order valence-electron chi connectivity index (χ4n) is 2.20. The lowest BCUT2D eigenvalue weighted by molar-refractivity contribution is 0.504. The van der Waals surface area contributed by atoms with Crippen molar-refractivity contribution in [3.8, 4) is 0 Å². The molecule has 0 bridgehead atoms. The average molecular weight is 161 g/mol. The quantitative estimate of drug-likeness (QED) is 0.580. The van der Waals surface area contributed by atoms with Crippen LogP contribution in [0.3, 0.4) is 0 Å². The topological polar surface area (TPSA) is 26.0 Å². The second-order valence-corrected chi connectivity index (χ2v) is 3.74. The molecule has 0 aromatic carbocycles. The molecule has 0 aliphatic heterocycles. The van der Waals surface area contributed by atoms with Crippen LogP contribution in [0, 0.1) is 5.92 Å². The summed E-state index contributed by atoms with van der Waals surface area (Å²) in [5.41, 5.74) is 9.36. The molecule has 1 heteroatoms. The summed E-state index contributed by atoms with van der Waals surface area (Å²) in [6, 6.07) is 0. The van der Waals surface area contributed by atoms with E-state index < -0.39 is 0 Å². The van der Waals surface area contributed by atoms with Gasteiger partial charge in [0.05, 0.1) is 0 Å². The molecule has 2 aliphatic carbocycles. The van der Waals surface area contributed by atoms with Gasteiger partial charge in [-0.25, -0.2) is 0 Å². The summed E-state index contributed by atoms with van der Waals surface area (Å²) in [6.07, 6.45) is 9.31. The van der Waals surface area contributed by atoms with Crippen LogP contribution in [0.15, 0.2) is 35.6 Å². The van der Waals surface area contributed by atoms with E-state index in [4.69, 9.17) is 5.73 Å². The van der Waals surface area contributed by atoms with Crippen LogP contribution in [-0.2, 0) is 0 Å². The molecule has 0 amide bonds. The third-order valence-corrected chi connectivity index (χ3v) is 2.81. The maximum atomic E-state index is 5.76. The van der Waals surface area contributed by atoms with E-state index in [0.29, 0.717) is 5.92 Å². The number of rotatable bonds is 0. The molecule has 0 radical (unpaired) electrons. The minimum absolute atomic E-state index is 0.617. The molecule has 0 saturated heterocycles. The third-order valence-electron chi connectivity index (χ3n) is 2.81. The highest BCUT2D eigenvalue weighted by Gasteiger charge is 2.22. The van der Waals surface area contributed by atoms with Crippen LogP contribution in [0.2, 0.25) is 0 Å². The van der Waals surface area contributed by atoms with E-state index in [-0.39, 0.29) is 0 Å². The molecule has 1 saturated carbocycles. The van der Waals surface area contributed by atoms with Crippen molar-refractivity contribution < 1.29 is 0 Å².